The Morgan fingerprint density at radius 1 is 1.53 bits per heavy atom. The Labute approximate surface area is 96.3 Å². The van der Waals surface area contributed by atoms with Crippen molar-refractivity contribution in [1.29, 1.82) is 0 Å². The predicted octanol–water partition coefficient (Wildman–Crippen LogP) is 2.39. The van der Waals surface area contributed by atoms with Crippen LogP contribution in [0.15, 0.2) is 5.38 Å². The first-order chi connectivity index (χ1) is 7.17. The van der Waals surface area contributed by atoms with Crippen molar-refractivity contribution in [2.45, 2.75) is 39.8 Å². The molecule has 1 unspecified atom stereocenters. The Hall–Kier alpha value is -0.450. The highest BCUT2D eigenvalue weighted by atomic mass is 32.1. The lowest BCUT2D eigenvalue weighted by molar-refractivity contribution is 0.277. The van der Waals surface area contributed by atoms with E-state index in [4.69, 9.17) is 5.73 Å². The Balaban J connectivity index is 2.55. The van der Waals surface area contributed by atoms with Crippen molar-refractivity contribution in [2.24, 2.45) is 5.73 Å². The molecular formula is C11H21N3S. The van der Waals surface area contributed by atoms with Crippen LogP contribution in [0.1, 0.15) is 43.9 Å². The zero-order valence-electron chi connectivity index (χ0n) is 9.86. The molecule has 86 valence electrons. The van der Waals surface area contributed by atoms with Crippen LogP contribution in [0.4, 0.5) is 0 Å². The van der Waals surface area contributed by atoms with Crippen molar-refractivity contribution < 1.29 is 0 Å². The van der Waals surface area contributed by atoms with Gasteiger partial charge in [-0.3, -0.25) is 4.90 Å². The quantitative estimate of drug-likeness (QED) is 0.811. The summed E-state index contributed by atoms with van der Waals surface area (Å²) >= 11 is 1.67. The fourth-order valence-corrected chi connectivity index (χ4v) is 2.27. The Morgan fingerprint density at radius 2 is 2.27 bits per heavy atom. The van der Waals surface area contributed by atoms with Gasteiger partial charge in [0.25, 0.3) is 0 Å². The van der Waals surface area contributed by atoms with Gasteiger partial charge in [0.05, 0.1) is 11.7 Å². The minimum Gasteiger partial charge on any atom is -0.322 e. The van der Waals surface area contributed by atoms with Gasteiger partial charge >= 0.3 is 0 Å². The molecule has 0 amide bonds. The number of hydrogen-bond acceptors (Lipinski definition) is 4. The molecule has 4 heteroatoms. The molecule has 0 aliphatic heterocycles. The number of rotatable bonds is 6. The van der Waals surface area contributed by atoms with E-state index in [9.17, 15) is 0 Å². The topological polar surface area (TPSA) is 42.1 Å². The van der Waals surface area contributed by atoms with Gasteiger partial charge in [-0.2, -0.15) is 0 Å². The molecule has 0 radical (unpaired) electrons. The predicted molar refractivity (Wildman–Crippen MR) is 66.0 cm³/mol. The van der Waals surface area contributed by atoms with Crippen LogP contribution >= 0.6 is 11.3 Å². The monoisotopic (exact) mass is 227 g/mol. The molecule has 0 aliphatic rings. The van der Waals surface area contributed by atoms with E-state index >= 15 is 0 Å². The van der Waals surface area contributed by atoms with E-state index in [0.29, 0.717) is 0 Å². The zero-order chi connectivity index (χ0) is 11.3. The molecule has 0 spiro atoms. The van der Waals surface area contributed by atoms with Crippen molar-refractivity contribution in [1.82, 2.24) is 9.88 Å². The van der Waals surface area contributed by atoms with E-state index in [-0.39, 0.29) is 6.04 Å². The molecule has 1 aromatic heterocycles. The summed E-state index contributed by atoms with van der Waals surface area (Å²) < 4.78 is 0. The van der Waals surface area contributed by atoms with E-state index in [2.05, 4.69) is 29.1 Å². The molecule has 1 aromatic rings. The Morgan fingerprint density at radius 3 is 2.73 bits per heavy atom. The van der Waals surface area contributed by atoms with Crippen LogP contribution in [0.5, 0.6) is 0 Å². The molecule has 0 saturated carbocycles. The smallest absolute Gasteiger partial charge is 0.109 e. The molecular weight excluding hydrogens is 206 g/mol. The second kappa shape index (κ2) is 6.20. The lowest BCUT2D eigenvalue weighted by atomic mass is 10.3. The second-order valence-corrected chi connectivity index (χ2v) is 4.72. The van der Waals surface area contributed by atoms with Gasteiger partial charge in [0, 0.05) is 11.9 Å². The fourth-order valence-electron chi connectivity index (χ4n) is 1.50. The fraction of sp³-hybridized carbons (Fsp3) is 0.727. The maximum absolute atomic E-state index is 5.78. The highest BCUT2D eigenvalue weighted by molar-refractivity contribution is 7.09. The molecule has 1 heterocycles. The highest BCUT2D eigenvalue weighted by Gasteiger charge is 2.08. The van der Waals surface area contributed by atoms with Crippen LogP contribution in [0, 0.1) is 0 Å². The normalized spacial score (nSPS) is 13.4. The average Bonchev–Trinajstić information content (AvgIpc) is 2.65. The Kier molecular flexibility index (Phi) is 5.22. The van der Waals surface area contributed by atoms with Crippen molar-refractivity contribution in [2.75, 3.05) is 13.1 Å². The van der Waals surface area contributed by atoms with E-state index in [1.54, 1.807) is 11.3 Å². The number of aromatic nitrogens is 1. The molecule has 1 atom stereocenters. The first-order valence-electron chi connectivity index (χ1n) is 5.59. The van der Waals surface area contributed by atoms with Crippen LogP contribution in [0.25, 0.3) is 0 Å². The molecule has 3 nitrogen and oxygen atoms in total. The SMILES string of the molecule is CCCN(CC)Cc1csc(C(C)N)n1. The largest absolute Gasteiger partial charge is 0.322 e. The maximum atomic E-state index is 5.78. The first-order valence-corrected chi connectivity index (χ1v) is 6.47. The molecule has 0 fully saturated rings. The van der Waals surface area contributed by atoms with E-state index in [1.165, 1.54) is 6.42 Å². The lowest BCUT2D eigenvalue weighted by Gasteiger charge is -2.17. The van der Waals surface area contributed by atoms with Crippen LogP contribution < -0.4 is 5.73 Å². The van der Waals surface area contributed by atoms with E-state index in [0.717, 1.165) is 30.3 Å². The van der Waals surface area contributed by atoms with Gasteiger partial charge in [-0.05, 0) is 26.4 Å². The van der Waals surface area contributed by atoms with Crippen molar-refractivity contribution in [3.05, 3.63) is 16.1 Å². The standard InChI is InChI=1S/C11H21N3S/c1-4-6-14(5-2)7-10-8-15-11(13-10)9(3)12/h8-9H,4-7,12H2,1-3H3. The summed E-state index contributed by atoms with van der Waals surface area (Å²) in [7, 11) is 0. The van der Waals surface area contributed by atoms with Crippen molar-refractivity contribution >= 4 is 11.3 Å². The van der Waals surface area contributed by atoms with Crippen LogP contribution in [-0.2, 0) is 6.54 Å². The molecule has 2 N–H and O–H groups in total. The maximum Gasteiger partial charge on any atom is 0.109 e. The second-order valence-electron chi connectivity index (χ2n) is 3.83. The molecule has 0 aromatic carbocycles. The van der Waals surface area contributed by atoms with Gasteiger partial charge in [-0.15, -0.1) is 11.3 Å². The summed E-state index contributed by atoms with van der Waals surface area (Å²) in [6.07, 6.45) is 1.19. The molecule has 0 saturated heterocycles. The minimum atomic E-state index is 0.0602. The lowest BCUT2D eigenvalue weighted by Crippen LogP contribution is -2.23. The van der Waals surface area contributed by atoms with Gasteiger partial charge in [0.1, 0.15) is 5.01 Å². The number of thiazole rings is 1. The summed E-state index contributed by atoms with van der Waals surface area (Å²) in [6.45, 7) is 9.55. The van der Waals surface area contributed by atoms with Gasteiger partial charge in [0.15, 0.2) is 0 Å². The average molecular weight is 227 g/mol. The van der Waals surface area contributed by atoms with Crippen LogP contribution in [-0.4, -0.2) is 23.0 Å². The minimum absolute atomic E-state index is 0.0602. The van der Waals surface area contributed by atoms with Crippen LogP contribution in [0.3, 0.4) is 0 Å². The summed E-state index contributed by atoms with van der Waals surface area (Å²) in [5.74, 6) is 0. The number of hydrogen-bond donors (Lipinski definition) is 1. The van der Waals surface area contributed by atoms with Gasteiger partial charge in [-0.1, -0.05) is 13.8 Å². The molecule has 15 heavy (non-hydrogen) atoms. The molecule has 0 aliphatic carbocycles. The molecule has 0 bridgehead atoms. The third-order valence-electron chi connectivity index (χ3n) is 2.33. The summed E-state index contributed by atoms with van der Waals surface area (Å²) in [4.78, 5) is 6.93. The van der Waals surface area contributed by atoms with Gasteiger partial charge < -0.3 is 5.73 Å². The van der Waals surface area contributed by atoms with E-state index < -0.39 is 0 Å². The highest BCUT2D eigenvalue weighted by Crippen LogP contribution is 2.16. The third-order valence-corrected chi connectivity index (χ3v) is 3.43. The van der Waals surface area contributed by atoms with Crippen molar-refractivity contribution in [3.8, 4) is 0 Å². The summed E-state index contributed by atoms with van der Waals surface area (Å²) in [5, 5.41) is 3.16. The van der Waals surface area contributed by atoms with Crippen LogP contribution in [0.2, 0.25) is 0 Å². The first kappa shape index (κ1) is 12.6. The Bertz CT molecular complexity index is 283. The molecule has 1 rings (SSSR count). The summed E-state index contributed by atoms with van der Waals surface area (Å²) in [6, 6.07) is 0.0602. The summed E-state index contributed by atoms with van der Waals surface area (Å²) in [5.41, 5.74) is 6.94. The third kappa shape index (κ3) is 3.89. The van der Waals surface area contributed by atoms with Crippen molar-refractivity contribution in [3.63, 3.8) is 0 Å². The zero-order valence-corrected chi connectivity index (χ0v) is 10.7. The number of nitrogens with two attached hydrogens (primary N) is 1. The van der Waals surface area contributed by atoms with Gasteiger partial charge in [-0.25, -0.2) is 4.98 Å². The van der Waals surface area contributed by atoms with Gasteiger partial charge in [0.2, 0.25) is 0 Å². The van der Waals surface area contributed by atoms with E-state index in [1.807, 2.05) is 6.92 Å². The number of nitrogens with zero attached hydrogens (tertiary/aromatic N) is 2.